The first-order valence-corrected chi connectivity index (χ1v) is 9.10. The van der Waals surface area contributed by atoms with Crippen molar-refractivity contribution >= 4 is 17.7 Å². The van der Waals surface area contributed by atoms with Crippen molar-refractivity contribution in [2.24, 2.45) is 0 Å². The maximum Gasteiger partial charge on any atom is 0.254 e. The molecule has 3 nitrogen and oxygen atoms in total. The summed E-state index contributed by atoms with van der Waals surface area (Å²) in [5.74, 6) is -0.499. The van der Waals surface area contributed by atoms with Gasteiger partial charge in [-0.1, -0.05) is 41.6 Å². The Balaban J connectivity index is 1.77. The zero-order chi connectivity index (χ0) is 18.5. The van der Waals surface area contributed by atoms with E-state index in [0.717, 1.165) is 10.5 Å². The fourth-order valence-electron chi connectivity index (χ4n) is 2.47. The molecule has 1 heterocycles. The predicted octanol–water partition coefficient (Wildman–Crippen LogP) is 5.17. The average molecular weight is 366 g/mol. The van der Waals surface area contributed by atoms with Crippen LogP contribution in [-0.2, 0) is 0 Å². The number of halogens is 1. The van der Waals surface area contributed by atoms with Gasteiger partial charge in [0, 0.05) is 11.1 Å². The summed E-state index contributed by atoms with van der Waals surface area (Å²) in [5, 5.41) is 3.61. The maximum atomic E-state index is 13.1. The molecule has 0 aliphatic carbocycles. The summed E-state index contributed by atoms with van der Waals surface area (Å²) in [6, 6.07) is 17.5. The van der Waals surface area contributed by atoms with Crippen molar-refractivity contribution in [3.05, 3.63) is 89.4 Å². The number of nitrogens with one attached hydrogen (secondary N) is 1. The normalized spacial score (nSPS) is 11.8. The van der Waals surface area contributed by atoms with Crippen LogP contribution in [0.25, 0.3) is 0 Å². The van der Waals surface area contributed by atoms with Gasteiger partial charge in [-0.15, -0.1) is 0 Å². The number of carbonyl (C=O) groups excluding carboxylic acids is 1. The Hall–Kier alpha value is -2.66. The van der Waals surface area contributed by atoms with Gasteiger partial charge in [0.05, 0.1) is 11.6 Å². The van der Waals surface area contributed by atoms with E-state index in [0.29, 0.717) is 10.6 Å². The molecule has 1 amide bonds. The molecule has 0 saturated carbocycles. The maximum absolute atomic E-state index is 13.1. The first-order chi connectivity index (χ1) is 12.5. The van der Waals surface area contributed by atoms with Crippen molar-refractivity contribution in [2.75, 3.05) is 0 Å². The van der Waals surface area contributed by atoms with E-state index in [1.807, 2.05) is 38.1 Å². The number of hydrogen-bond donors (Lipinski definition) is 1. The second-order valence-corrected chi connectivity index (χ2v) is 7.08. The molecular weight excluding hydrogens is 347 g/mol. The Morgan fingerprint density at radius 2 is 1.77 bits per heavy atom. The van der Waals surface area contributed by atoms with Crippen molar-refractivity contribution < 1.29 is 9.18 Å². The monoisotopic (exact) mass is 366 g/mol. The highest BCUT2D eigenvalue weighted by atomic mass is 32.2. The molecule has 3 rings (SSSR count). The molecular formula is C21H19FN2OS. The lowest BCUT2D eigenvalue weighted by molar-refractivity contribution is 0.0936. The molecule has 3 aromatic rings. The Kier molecular flexibility index (Phi) is 5.68. The van der Waals surface area contributed by atoms with Crippen molar-refractivity contribution in [1.29, 1.82) is 0 Å². The quantitative estimate of drug-likeness (QED) is 0.677. The highest BCUT2D eigenvalue weighted by Crippen LogP contribution is 2.29. The van der Waals surface area contributed by atoms with E-state index in [4.69, 9.17) is 0 Å². The van der Waals surface area contributed by atoms with Crippen LogP contribution in [0.3, 0.4) is 0 Å². The Labute approximate surface area is 156 Å². The van der Waals surface area contributed by atoms with Gasteiger partial charge in [0.2, 0.25) is 0 Å². The third kappa shape index (κ3) is 4.49. The molecule has 0 aliphatic heterocycles. The number of nitrogens with zero attached hydrogens (tertiary/aromatic N) is 1. The molecule has 0 fully saturated rings. The Bertz CT molecular complexity index is 895. The summed E-state index contributed by atoms with van der Waals surface area (Å²) in [7, 11) is 0. The second-order valence-electron chi connectivity index (χ2n) is 6.02. The number of carbonyl (C=O) groups is 1. The lowest BCUT2D eigenvalue weighted by atomic mass is 10.1. The largest absolute Gasteiger partial charge is 0.345 e. The van der Waals surface area contributed by atoms with E-state index in [9.17, 15) is 9.18 Å². The fourth-order valence-corrected chi connectivity index (χ4v) is 3.35. The van der Waals surface area contributed by atoms with Gasteiger partial charge in [0.25, 0.3) is 5.91 Å². The van der Waals surface area contributed by atoms with Crippen LogP contribution < -0.4 is 5.32 Å². The zero-order valence-electron chi connectivity index (χ0n) is 14.6. The summed E-state index contributed by atoms with van der Waals surface area (Å²) in [4.78, 5) is 18.1. The molecule has 0 saturated heterocycles. The van der Waals surface area contributed by atoms with Gasteiger partial charge in [-0.3, -0.25) is 4.79 Å². The number of aromatic nitrogens is 1. The van der Waals surface area contributed by atoms with Crippen LogP contribution >= 0.6 is 11.8 Å². The zero-order valence-corrected chi connectivity index (χ0v) is 15.4. The van der Waals surface area contributed by atoms with Crippen molar-refractivity contribution in [3.63, 3.8) is 0 Å². The summed E-state index contributed by atoms with van der Waals surface area (Å²) >= 11 is 1.45. The standard InChI is InChI=1S/C21H19FN2OS/c1-14-5-11-18(12-6-14)26-21-19(4-3-13-23-21)20(25)24-15(2)16-7-9-17(22)10-8-16/h3-13,15H,1-2H3,(H,24,25)/t15-/m0/s1. The lowest BCUT2D eigenvalue weighted by Crippen LogP contribution is -2.27. The first kappa shape index (κ1) is 18.1. The van der Waals surface area contributed by atoms with E-state index >= 15 is 0 Å². The number of aryl methyl sites for hydroxylation is 1. The number of benzene rings is 2. The summed E-state index contributed by atoms with van der Waals surface area (Å²) in [6.45, 7) is 3.90. The predicted molar refractivity (Wildman–Crippen MR) is 102 cm³/mol. The van der Waals surface area contributed by atoms with Gasteiger partial charge in [-0.05, 0) is 55.8 Å². The number of amides is 1. The Morgan fingerprint density at radius 1 is 1.08 bits per heavy atom. The van der Waals surface area contributed by atoms with E-state index in [1.54, 1.807) is 30.5 Å². The van der Waals surface area contributed by atoms with Crippen LogP contribution in [0.4, 0.5) is 4.39 Å². The first-order valence-electron chi connectivity index (χ1n) is 8.29. The van der Waals surface area contributed by atoms with Crippen LogP contribution in [-0.4, -0.2) is 10.9 Å². The summed E-state index contributed by atoms with van der Waals surface area (Å²) in [6.07, 6.45) is 1.68. The molecule has 0 spiro atoms. The van der Waals surface area contributed by atoms with Gasteiger partial charge >= 0.3 is 0 Å². The van der Waals surface area contributed by atoms with Gasteiger partial charge in [0.1, 0.15) is 10.8 Å². The molecule has 0 bridgehead atoms. The van der Waals surface area contributed by atoms with Crippen molar-refractivity contribution in [3.8, 4) is 0 Å². The van der Waals surface area contributed by atoms with Crippen LogP contribution in [0.15, 0.2) is 76.8 Å². The van der Waals surface area contributed by atoms with Gasteiger partial charge in [-0.2, -0.15) is 0 Å². The van der Waals surface area contributed by atoms with Crippen LogP contribution in [0.1, 0.15) is 34.5 Å². The van der Waals surface area contributed by atoms with E-state index in [1.165, 1.54) is 29.5 Å². The molecule has 0 unspecified atom stereocenters. The van der Waals surface area contributed by atoms with Gasteiger partial charge in [-0.25, -0.2) is 9.37 Å². The minimum atomic E-state index is -0.295. The van der Waals surface area contributed by atoms with E-state index in [2.05, 4.69) is 10.3 Å². The second kappa shape index (κ2) is 8.15. The van der Waals surface area contributed by atoms with Crippen LogP contribution in [0.2, 0.25) is 0 Å². The third-order valence-electron chi connectivity index (χ3n) is 3.97. The Morgan fingerprint density at radius 3 is 2.46 bits per heavy atom. The molecule has 132 valence electrons. The smallest absolute Gasteiger partial charge is 0.254 e. The molecule has 2 aromatic carbocycles. The molecule has 1 N–H and O–H groups in total. The highest BCUT2D eigenvalue weighted by Gasteiger charge is 2.16. The number of rotatable bonds is 5. The number of hydrogen-bond acceptors (Lipinski definition) is 3. The van der Waals surface area contributed by atoms with Crippen LogP contribution in [0.5, 0.6) is 0 Å². The fraction of sp³-hybridized carbons (Fsp3) is 0.143. The minimum absolute atomic E-state index is 0.204. The van der Waals surface area contributed by atoms with Gasteiger partial charge < -0.3 is 5.32 Å². The SMILES string of the molecule is Cc1ccc(Sc2ncccc2C(=O)N[C@@H](C)c2ccc(F)cc2)cc1. The lowest BCUT2D eigenvalue weighted by Gasteiger charge is -2.15. The third-order valence-corrected chi connectivity index (χ3v) is 5.00. The van der Waals surface area contributed by atoms with Crippen molar-refractivity contribution in [1.82, 2.24) is 10.3 Å². The highest BCUT2D eigenvalue weighted by molar-refractivity contribution is 7.99. The topological polar surface area (TPSA) is 42.0 Å². The molecule has 26 heavy (non-hydrogen) atoms. The molecule has 0 aliphatic rings. The van der Waals surface area contributed by atoms with E-state index in [-0.39, 0.29) is 17.8 Å². The molecule has 5 heteroatoms. The number of pyridine rings is 1. The van der Waals surface area contributed by atoms with E-state index < -0.39 is 0 Å². The van der Waals surface area contributed by atoms with Crippen molar-refractivity contribution in [2.45, 2.75) is 29.8 Å². The minimum Gasteiger partial charge on any atom is -0.345 e. The van der Waals surface area contributed by atoms with Gasteiger partial charge in [0.15, 0.2) is 0 Å². The average Bonchev–Trinajstić information content (AvgIpc) is 2.64. The summed E-state index contributed by atoms with van der Waals surface area (Å²) < 4.78 is 13.1. The molecule has 1 atom stereocenters. The van der Waals surface area contributed by atoms with Crippen LogP contribution in [0, 0.1) is 12.7 Å². The molecule has 0 radical (unpaired) electrons. The summed E-state index contributed by atoms with van der Waals surface area (Å²) in [5.41, 5.74) is 2.55. The molecule has 1 aromatic heterocycles.